The number of aryl methyl sites for hydroxylation is 1. The van der Waals surface area contributed by atoms with Crippen molar-refractivity contribution in [3.05, 3.63) is 45.9 Å². The highest BCUT2D eigenvalue weighted by molar-refractivity contribution is 7.08. The third-order valence-corrected chi connectivity index (χ3v) is 3.25. The van der Waals surface area contributed by atoms with E-state index >= 15 is 0 Å². The van der Waals surface area contributed by atoms with E-state index in [1.54, 1.807) is 17.5 Å². The smallest absolute Gasteiger partial charge is 0.163 e. The number of pyridine rings is 1. The largest absolute Gasteiger partial charge is 0.379 e. The molecule has 0 atom stereocenters. The molecule has 16 heavy (non-hydrogen) atoms. The van der Waals surface area contributed by atoms with Crippen LogP contribution in [0.15, 0.2) is 29.1 Å². The minimum atomic E-state index is 0.440. The molecule has 2 aromatic heterocycles. The zero-order valence-electron chi connectivity index (χ0n) is 8.90. The number of hydrogen-bond acceptors (Lipinski definition) is 4. The van der Waals surface area contributed by atoms with Crippen LogP contribution < -0.4 is 5.32 Å². The molecule has 0 aliphatic rings. The average Bonchev–Trinajstić information content (AvgIpc) is 2.72. The molecule has 1 N–H and O–H groups in total. The Morgan fingerprint density at radius 3 is 3.06 bits per heavy atom. The first-order valence-corrected chi connectivity index (χ1v) is 5.86. The molecule has 3 nitrogen and oxygen atoms in total. The summed E-state index contributed by atoms with van der Waals surface area (Å²) in [6.45, 7) is 2.82. The SMILES string of the molecule is Cc1cscc1CNc1cccnc1C#N. The summed E-state index contributed by atoms with van der Waals surface area (Å²) in [7, 11) is 0. The first kappa shape index (κ1) is 10.7. The van der Waals surface area contributed by atoms with Crippen molar-refractivity contribution in [1.82, 2.24) is 4.98 Å². The third-order valence-electron chi connectivity index (χ3n) is 2.34. The van der Waals surface area contributed by atoms with Gasteiger partial charge in [0.15, 0.2) is 5.69 Å². The summed E-state index contributed by atoms with van der Waals surface area (Å²) in [6.07, 6.45) is 1.62. The number of thiophene rings is 1. The van der Waals surface area contributed by atoms with Crippen LogP contribution in [0, 0.1) is 18.3 Å². The van der Waals surface area contributed by atoms with Crippen molar-refractivity contribution in [1.29, 1.82) is 5.26 Å². The number of rotatable bonds is 3. The van der Waals surface area contributed by atoms with Crippen LogP contribution in [-0.2, 0) is 6.54 Å². The monoisotopic (exact) mass is 229 g/mol. The van der Waals surface area contributed by atoms with Gasteiger partial charge in [-0.25, -0.2) is 4.98 Å². The van der Waals surface area contributed by atoms with Gasteiger partial charge in [0.25, 0.3) is 0 Å². The average molecular weight is 229 g/mol. The number of aromatic nitrogens is 1. The lowest BCUT2D eigenvalue weighted by Crippen LogP contribution is -2.02. The molecule has 2 rings (SSSR count). The predicted octanol–water partition coefficient (Wildman–Crippen LogP) is 2.94. The van der Waals surface area contributed by atoms with Gasteiger partial charge in [-0.15, -0.1) is 0 Å². The van der Waals surface area contributed by atoms with Crippen LogP contribution >= 0.6 is 11.3 Å². The number of hydrogen-bond donors (Lipinski definition) is 1. The molecule has 0 radical (unpaired) electrons. The maximum Gasteiger partial charge on any atom is 0.163 e. The highest BCUT2D eigenvalue weighted by Gasteiger charge is 2.03. The standard InChI is InChI=1S/C12H11N3S/c1-9-7-16-8-10(9)6-15-11-3-2-4-14-12(11)5-13/h2-4,7-8,15H,6H2,1H3. The molecule has 2 heterocycles. The topological polar surface area (TPSA) is 48.7 Å². The predicted molar refractivity (Wildman–Crippen MR) is 65.3 cm³/mol. The van der Waals surface area contributed by atoms with Crippen molar-refractivity contribution in [2.45, 2.75) is 13.5 Å². The Bertz CT molecular complexity index is 525. The van der Waals surface area contributed by atoms with Crippen molar-refractivity contribution >= 4 is 17.0 Å². The van der Waals surface area contributed by atoms with Gasteiger partial charge in [0, 0.05) is 12.7 Å². The Hall–Kier alpha value is -1.86. The van der Waals surface area contributed by atoms with Gasteiger partial charge in [-0.3, -0.25) is 0 Å². The maximum absolute atomic E-state index is 8.88. The van der Waals surface area contributed by atoms with Crippen LogP contribution in [0.2, 0.25) is 0 Å². The van der Waals surface area contributed by atoms with Crippen LogP contribution in [0.25, 0.3) is 0 Å². The molecular weight excluding hydrogens is 218 g/mol. The van der Waals surface area contributed by atoms with Gasteiger partial charge >= 0.3 is 0 Å². The van der Waals surface area contributed by atoms with Crippen LogP contribution in [0.3, 0.4) is 0 Å². The fraction of sp³-hybridized carbons (Fsp3) is 0.167. The molecule has 80 valence electrons. The molecule has 2 aromatic rings. The molecule has 0 saturated heterocycles. The molecule has 4 heteroatoms. The van der Waals surface area contributed by atoms with E-state index in [2.05, 4.69) is 34.1 Å². The first-order chi connectivity index (χ1) is 7.81. The van der Waals surface area contributed by atoms with Crippen LogP contribution in [0.1, 0.15) is 16.8 Å². The van der Waals surface area contributed by atoms with Gasteiger partial charge in [-0.1, -0.05) is 0 Å². The molecule has 0 aromatic carbocycles. The zero-order valence-corrected chi connectivity index (χ0v) is 9.71. The Morgan fingerprint density at radius 2 is 2.38 bits per heavy atom. The first-order valence-electron chi connectivity index (χ1n) is 4.92. The Kier molecular flexibility index (Phi) is 3.18. The van der Waals surface area contributed by atoms with Crippen LogP contribution in [0.5, 0.6) is 0 Å². The Morgan fingerprint density at radius 1 is 1.50 bits per heavy atom. The lowest BCUT2D eigenvalue weighted by molar-refractivity contribution is 1.12. The lowest BCUT2D eigenvalue weighted by atomic mass is 10.2. The van der Waals surface area contributed by atoms with Crippen LogP contribution in [-0.4, -0.2) is 4.98 Å². The molecular formula is C12H11N3S. The highest BCUT2D eigenvalue weighted by atomic mass is 32.1. The quantitative estimate of drug-likeness (QED) is 0.880. The van der Waals surface area contributed by atoms with E-state index in [0.717, 1.165) is 12.2 Å². The molecule has 0 bridgehead atoms. The number of nitriles is 1. The number of nitrogens with zero attached hydrogens (tertiary/aromatic N) is 2. The van der Waals surface area contributed by atoms with Gasteiger partial charge < -0.3 is 5.32 Å². The van der Waals surface area contributed by atoms with E-state index in [9.17, 15) is 0 Å². The third kappa shape index (κ3) is 2.20. The van der Waals surface area contributed by atoms with Crippen LogP contribution in [0.4, 0.5) is 5.69 Å². The van der Waals surface area contributed by atoms with Crippen molar-refractivity contribution in [3.8, 4) is 6.07 Å². The molecule has 0 aliphatic heterocycles. The van der Waals surface area contributed by atoms with Crippen molar-refractivity contribution in [2.75, 3.05) is 5.32 Å². The molecule has 0 unspecified atom stereocenters. The minimum Gasteiger partial charge on any atom is -0.379 e. The fourth-order valence-corrected chi connectivity index (χ4v) is 2.25. The van der Waals surface area contributed by atoms with E-state index in [-0.39, 0.29) is 0 Å². The van der Waals surface area contributed by atoms with Gasteiger partial charge in [0.05, 0.1) is 5.69 Å². The molecule has 0 saturated carbocycles. The van der Waals surface area contributed by atoms with Gasteiger partial charge in [-0.05, 0) is 40.9 Å². The molecule has 0 fully saturated rings. The summed E-state index contributed by atoms with van der Waals surface area (Å²) in [5.41, 5.74) is 3.77. The molecule has 0 spiro atoms. The number of anilines is 1. The Labute approximate surface area is 98.4 Å². The van der Waals surface area contributed by atoms with E-state index in [1.165, 1.54) is 11.1 Å². The van der Waals surface area contributed by atoms with Crippen molar-refractivity contribution in [2.24, 2.45) is 0 Å². The minimum absolute atomic E-state index is 0.440. The van der Waals surface area contributed by atoms with Gasteiger partial charge in [0.2, 0.25) is 0 Å². The summed E-state index contributed by atoms with van der Waals surface area (Å²) >= 11 is 1.69. The van der Waals surface area contributed by atoms with Crippen molar-refractivity contribution in [3.63, 3.8) is 0 Å². The molecule has 0 amide bonds. The van der Waals surface area contributed by atoms with Crippen molar-refractivity contribution < 1.29 is 0 Å². The van der Waals surface area contributed by atoms with E-state index in [4.69, 9.17) is 5.26 Å². The summed E-state index contributed by atoms with van der Waals surface area (Å²) in [4.78, 5) is 4.00. The highest BCUT2D eigenvalue weighted by Crippen LogP contribution is 2.17. The summed E-state index contributed by atoms with van der Waals surface area (Å²) in [6, 6.07) is 5.76. The van der Waals surface area contributed by atoms with E-state index < -0.39 is 0 Å². The normalized spacial score (nSPS) is 9.75. The van der Waals surface area contributed by atoms with E-state index in [0.29, 0.717) is 5.69 Å². The Balaban J connectivity index is 2.11. The molecule has 0 aliphatic carbocycles. The second-order valence-corrected chi connectivity index (χ2v) is 4.19. The van der Waals surface area contributed by atoms with Gasteiger partial charge in [0.1, 0.15) is 6.07 Å². The second-order valence-electron chi connectivity index (χ2n) is 3.44. The van der Waals surface area contributed by atoms with E-state index in [1.807, 2.05) is 12.1 Å². The summed E-state index contributed by atoms with van der Waals surface area (Å²) in [5, 5.41) is 16.3. The second kappa shape index (κ2) is 4.77. The lowest BCUT2D eigenvalue weighted by Gasteiger charge is -2.06. The van der Waals surface area contributed by atoms with Gasteiger partial charge in [-0.2, -0.15) is 16.6 Å². The summed E-state index contributed by atoms with van der Waals surface area (Å²) in [5.74, 6) is 0. The summed E-state index contributed by atoms with van der Waals surface area (Å²) < 4.78 is 0. The number of nitrogens with one attached hydrogen (secondary N) is 1. The fourth-order valence-electron chi connectivity index (χ4n) is 1.40. The maximum atomic E-state index is 8.88. The zero-order chi connectivity index (χ0) is 11.4.